The highest BCUT2D eigenvalue weighted by atomic mass is 16.1. The zero-order valence-corrected chi connectivity index (χ0v) is 11.5. The molecule has 0 spiro atoms. The molecule has 0 aromatic rings. The third kappa shape index (κ3) is 8.70. The van der Waals surface area contributed by atoms with Gasteiger partial charge in [0.25, 0.3) is 0 Å². The van der Waals surface area contributed by atoms with Gasteiger partial charge in [0.1, 0.15) is 6.29 Å². The molecule has 0 aliphatic carbocycles. The van der Waals surface area contributed by atoms with Gasteiger partial charge in [-0.05, 0) is 19.3 Å². The van der Waals surface area contributed by atoms with Crippen LogP contribution < -0.4 is 0 Å². The van der Waals surface area contributed by atoms with Crippen molar-refractivity contribution in [1.29, 1.82) is 0 Å². The van der Waals surface area contributed by atoms with Gasteiger partial charge in [-0.1, -0.05) is 64.5 Å². The lowest BCUT2D eigenvalue weighted by Gasteiger charge is -2.12. The van der Waals surface area contributed by atoms with Crippen LogP contribution in [0.3, 0.4) is 0 Å². The van der Waals surface area contributed by atoms with Crippen molar-refractivity contribution in [3.63, 3.8) is 0 Å². The fraction of sp³-hybridized carbons (Fsp3) is 0.800. The molecule has 1 heteroatoms. The van der Waals surface area contributed by atoms with Crippen molar-refractivity contribution in [2.45, 2.75) is 66.2 Å². The number of aldehydes is 1. The first-order chi connectivity index (χ1) is 7.60. The zero-order chi connectivity index (χ0) is 12.4. The van der Waals surface area contributed by atoms with E-state index in [-0.39, 0.29) is 5.92 Å². The maximum Gasteiger partial charge on any atom is 0.126 e. The summed E-state index contributed by atoms with van der Waals surface area (Å²) in [6.07, 6.45) is 11.0. The van der Waals surface area contributed by atoms with Gasteiger partial charge in [0.2, 0.25) is 0 Å². The van der Waals surface area contributed by atoms with Crippen LogP contribution in [0.25, 0.3) is 0 Å². The molecule has 0 saturated carbocycles. The van der Waals surface area contributed by atoms with Crippen molar-refractivity contribution in [2.75, 3.05) is 0 Å². The molecule has 0 saturated heterocycles. The Hall–Kier alpha value is -0.590. The van der Waals surface area contributed by atoms with Crippen LogP contribution in [0.4, 0.5) is 0 Å². The second kappa shape index (κ2) is 9.62. The molecular weight excluding hydrogens is 196 g/mol. The highest BCUT2D eigenvalue weighted by molar-refractivity contribution is 5.55. The number of hydrogen-bond donors (Lipinski definition) is 0. The molecule has 0 amide bonds. The lowest BCUT2D eigenvalue weighted by Crippen LogP contribution is -1.98. The van der Waals surface area contributed by atoms with E-state index in [2.05, 4.69) is 26.8 Å². The first-order valence-corrected chi connectivity index (χ1v) is 6.72. The molecule has 0 aromatic heterocycles. The average molecular weight is 224 g/mol. The predicted molar refractivity (Wildman–Crippen MR) is 71.5 cm³/mol. The molecule has 0 aliphatic heterocycles. The van der Waals surface area contributed by atoms with E-state index in [0.717, 1.165) is 18.6 Å². The van der Waals surface area contributed by atoms with Gasteiger partial charge >= 0.3 is 0 Å². The Morgan fingerprint density at radius 3 is 2.44 bits per heavy atom. The second-order valence-electron chi connectivity index (χ2n) is 5.17. The van der Waals surface area contributed by atoms with Gasteiger partial charge in [-0.15, -0.1) is 0 Å². The third-order valence-electron chi connectivity index (χ3n) is 2.98. The number of carbonyl (C=O) groups is 1. The lowest BCUT2D eigenvalue weighted by molar-refractivity contribution is -0.109. The van der Waals surface area contributed by atoms with Crippen LogP contribution in [0, 0.1) is 11.8 Å². The van der Waals surface area contributed by atoms with Gasteiger partial charge in [0, 0.05) is 5.92 Å². The second-order valence-corrected chi connectivity index (χ2v) is 5.17. The summed E-state index contributed by atoms with van der Waals surface area (Å²) in [6, 6.07) is 0. The lowest BCUT2D eigenvalue weighted by atomic mass is 9.94. The van der Waals surface area contributed by atoms with Crippen LogP contribution in [-0.2, 0) is 4.79 Å². The Morgan fingerprint density at radius 1 is 1.19 bits per heavy atom. The van der Waals surface area contributed by atoms with Crippen molar-refractivity contribution in [3.8, 4) is 0 Å². The first kappa shape index (κ1) is 15.4. The summed E-state index contributed by atoms with van der Waals surface area (Å²) >= 11 is 0. The molecule has 0 aliphatic rings. The van der Waals surface area contributed by atoms with E-state index in [0.29, 0.717) is 0 Å². The van der Waals surface area contributed by atoms with Crippen molar-refractivity contribution < 1.29 is 4.79 Å². The molecule has 0 rings (SSSR count). The molecule has 16 heavy (non-hydrogen) atoms. The summed E-state index contributed by atoms with van der Waals surface area (Å²) in [5, 5.41) is 0. The van der Waals surface area contributed by atoms with Crippen LogP contribution in [0.1, 0.15) is 66.2 Å². The molecule has 1 nitrogen and oxygen atoms in total. The molecule has 2 atom stereocenters. The fourth-order valence-electron chi connectivity index (χ4n) is 2.13. The van der Waals surface area contributed by atoms with Crippen molar-refractivity contribution in [3.05, 3.63) is 11.6 Å². The third-order valence-corrected chi connectivity index (χ3v) is 2.98. The van der Waals surface area contributed by atoms with Gasteiger partial charge in [-0.25, -0.2) is 0 Å². The highest BCUT2D eigenvalue weighted by Crippen LogP contribution is 2.18. The standard InChI is InChI=1S/C15H28O/c1-5-6-7-8-9-13(2)10-14(3)11-15(4)12-16/h11-13,15H,5-10H2,1-4H3/b14-11+/t13-,15+/m1/s1. The van der Waals surface area contributed by atoms with Gasteiger partial charge in [-0.3, -0.25) is 0 Å². The molecule has 0 aromatic carbocycles. The minimum Gasteiger partial charge on any atom is -0.303 e. The molecule has 0 unspecified atom stereocenters. The predicted octanol–water partition coefficient (Wildman–Crippen LogP) is 4.76. The molecule has 94 valence electrons. The minimum atomic E-state index is 0.0762. The maximum absolute atomic E-state index is 10.5. The van der Waals surface area contributed by atoms with Crippen molar-refractivity contribution >= 4 is 6.29 Å². The summed E-state index contributed by atoms with van der Waals surface area (Å²) < 4.78 is 0. The molecule has 0 heterocycles. The summed E-state index contributed by atoms with van der Waals surface area (Å²) in [4.78, 5) is 10.5. The Bertz CT molecular complexity index is 205. The van der Waals surface area contributed by atoms with E-state index >= 15 is 0 Å². The Balaban J connectivity index is 3.73. The maximum atomic E-state index is 10.5. The monoisotopic (exact) mass is 224 g/mol. The van der Waals surface area contributed by atoms with Gasteiger partial charge in [0.05, 0.1) is 0 Å². The van der Waals surface area contributed by atoms with E-state index < -0.39 is 0 Å². The number of unbranched alkanes of at least 4 members (excludes halogenated alkanes) is 3. The van der Waals surface area contributed by atoms with Crippen LogP contribution >= 0.6 is 0 Å². The van der Waals surface area contributed by atoms with Crippen LogP contribution in [0.2, 0.25) is 0 Å². The van der Waals surface area contributed by atoms with E-state index in [4.69, 9.17) is 0 Å². The summed E-state index contributed by atoms with van der Waals surface area (Å²) in [6.45, 7) is 8.65. The largest absolute Gasteiger partial charge is 0.303 e. The summed E-state index contributed by atoms with van der Waals surface area (Å²) in [5.74, 6) is 0.833. The van der Waals surface area contributed by atoms with Crippen LogP contribution in [0.15, 0.2) is 11.6 Å². The zero-order valence-electron chi connectivity index (χ0n) is 11.5. The normalized spacial score (nSPS) is 15.9. The smallest absolute Gasteiger partial charge is 0.126 e. The minimum absolute atomic E-state index is 0.0762. The number of carbonyl (C=O) groups excluding carboxylic acids is 1. The average Bonchev–Trinajstić information content (AvgIpc) is 2.24. The van der Waals surface area contributed by atoms with E-state index in [1.165, 1.54) is 37.7 Å². The highest BCUT2D eigenvalue weighted by Gasteiger charge is 2.04. The number of allylic oxidation sites excluding steroid dienone is 2. The molecule has 0 radical (unpaired) electrons. The summed E-state index contributed by atoms with van der Waals surface area (Å²) in [5.41, 5.74) is 1.36. The number of rotatable bonds is 9. The van der Waals surface area contributed by atoms with Crippen molar-refractivity contribution in [2.24, 2.45) is 11.8 Å². The first-order valence-electron chi connectivity index (χ1n) is 6.72. The summed E-state index contributed by atoms with van der Waals surface area (Å²) in [7, 11) is 0. The van der Waals surface area contributed by atoms with Gasteiger partial charge in [-0.2, -0.15) is 0 Å². The Morgan fingerprint density at radius 2 is 1.88 bits per heavy atom. The molecule has 0 bridgehead atoms. The van der Waals surface area contributed by atoms with E-state index in [1.807, 2.05) is 6.92 Å². The van der Waals surface area contributed by atoms with Gasteiger partial charge < -0.3 is 4.79 Å². The SMILES string of the molecule is CCCCCC[C@@H](C)C/C(C)=C/[C@H](C)C=O. The van der Waals surface area contributed by atoms with E-state index in [9.17, 15) is 4.79 Å². The van der Waals surface area contributed by atoms with Crippen LogP contribution in [-0.4, -0.2) is 6.29 Å². The molecular formula is C15H28O. The quantitative estimate of drug-likeness (QED) is 0.313. The number of hydrogen-bond acceptors (Lipinski definition) is 1. The fourth-order valence-corrected chi connectivity index (χ4v) is 2.13. The molecule has 0 N–H and O–H groups in total. The topological polar surface area (TPSA) is 17.1 Å². The van der Waals surface area contributed by atoms with Gasteiger partial charge in [0.15, 0.2) is 0 Å². The Kier molecular flexibility index (Phi) is 9.27. The van der Waals surface area contributed by atoms with Crippen LogP contribution in [0.5, 0.6) is 0 Å². The molecule has 0 fully saturated rings. The Labute approximate surface area is 101 Å². The van der Waals surface area contributed by atoms with Crippen molar-refractivity contribution in [1.82, 2.24) is 0 Å². The van der Waals surface area contributed by atoms with E-state index in [1.54, 1.807) is 0 Å².